The van der Waals surface area contributed by atoms with Crippen LogP contribution in [0, 0.1) is 0 Å². The number of nitrogens with zero attached hydrogens (tertiary/aromatic N) is 2. The smallest absolute Gasteiger partial charge is 0.239 e. The van der Waals surface area contributed by atoms with Crippen molar-refractivity contribution in [3.8, 4) is 5.88 Å². The summed E-state index contributed by atoms with van der Waals surface area (Å²) in [5.74, 6) is -0.350. The maximum Gasteiger partial charge on any atom is 0.239 e. The largest absolute Gasteiger partial charge is 0.481 e. The van der Waals surface area contributed by atoms with Crippen LogP contribution in [0.3, 0.4) is 0 Å². The third-order valence-electron chi connectivity index (χ3n) is 1.54. The molecule has 14 heavy (non-hydrogen) atoms. The molecule has 0 radical (unpaired) electrons. The van der Waals surface area contributed by atoms with Crippen molar-refractivity contribution >= 4 is 5.91 Å². The lowest BCUT2D eigenvalue weighted by Crippen LogP contribution is -2.20. The molecule has 0 spiro atoms. The summed E-state index contributed by atoms with van der Waals surface area (Å²) in [5.41, 5.74) is 4.96. The van der Waals surface area contributed by atoms with E-state index < -0.39 is 12.2 Å². The van der Waals surface area contributed by atoms with E-state index in [1.165, 1.54) is 13.2 Å². The van der Waals surface area contributed by atoms with Gasteiger partial charge in [-0.2, -0.15) is 5.10 Å². The molecule has 7 nitrogen and oxygen atoms in total. The van der Waals surface area contributed by atoms with E-state index in [-0.39, 0.29) is 18.1 Å². The van der Waals surface area contributed by atoms with E-state index in [1.54, 1.807) is 0 Å². The van der Waals surface area contributed by atoms with E-state index in [0.29, 0.717) is 0 Å². The van der Waals surface area contributed by atoms with Crippen LogP contribution < -0.4 is 10.5 Å². The zero-order valence-corrected chi connectivity index (χ0v) is 7.54. The fourth-order valence-corrected chi connectivity index (χ4v) is 0.970. The Morgan fingerprint density at radius 2 is 2.43 bits per heavy atom. The van der Waals surface area contributed by atoms with Crippen molar-refractivity contribution < 1.29 is 19.7 Å². The molecule has 1 amide bonds. The highest BCUT2D eigenvalue weighted by Crippen LogP contribution is 2.16. The zero-order chi connectivity index (χ0) is 10.7. The number of primary amides is 1. The molecule has 0 aliphatic rings. The number of rotatable bonds is 4. The molecule has 0 saturated heterocycles. The van der Waals surface area contributed by atoms with Gasteiger partial charge in [-0.15, -0.1) is 0 Å². The van der Waals surface area contributed by atoms with Gasteiger partial charge in [0, 0.05) is 6.07 Å². The minimum atomic E-state index is -1.70. The van der Waals surface area contributed by atoms with Crippen molar-refractivity contribution in [2.75, 3.05) is 7.11 Å². The Hall–Kier alpha value is -1.60. The number of aliphatic hydroxyl groups is 2. The molecule has 0 saturated carbocycles. The van der Waals surface area contributed by atoms with Gasteiger partial charge in [-0.1, -0.05) is 0 Å². The highest BCUT2D eigenvalue weighted by atomic mass is 16.5. The van der Waals surface area contributed by atoms with Crippen LogP contribution in [0.4, 0.5) is 0 Å². The average Bonchev–Trinajstić information content (AvgIpc) is 2.46. The summed E-state index contributed by atoms with van der Waals surface area (Å²) in [7, 11) is 1.38. The first-order valence-electron chi connectivity index (χ1n) is 3.80. The first kappa shape index (κ1) is 10.5. The molecule has 0 aliphatic heterocycles. The van der Waals surface area contributed by atoms with Gasteiger partial charge in [-0.3, -0.25) is 4.79 Å². The second-order valence-corrected chi connectivity index (χ2v) is 2.61. The molecule has 78 valence electrons. The molecular formula is C7H11N3O4. The molecule has 0 unspecified atom stereocenters. The maximum absolute atomic E-state index is 10.6. The van der Waals surface area contributed by atoms with Gasteiger partial charge in [0.2, 0.25) is 11.8 Å². The monoisotopic (exact) mass is 201 g/mol. The molecule has 0 aromatic carbocycles. The minimum absolute atomic E-state index is 0.00287. The molecule has 0 aliphatic carbocycles. The molecule has 1 aromatic heterocycles. The van der Waals surface area contributed by atoms with E-state index in [2.05, 4.69) is 5.10 Å². The predicted molar refractivity (Wildman–Crippen MR) is 45.2 cm³/mol. The quantitative estimate of drug-likeness (QED) is 0.506. The number of hydrogen-bond donors (Lipinski definition) is 3. The van der Waals surface area contributed by atoms with Gasteiger partial charge in [0.15, 0.2) is 6.29 Å². The predicted octanol–water partition coefficient (Wildman–Crippen LogP) is -1.64. The summed E-state index contributed by atoms with van der Waals surface area (Å²) in [5, 5.41) is 21.3. The highest BCUT2D eigenvalue weighted by molar-refractivity contribution is 5.73. The fourth-order valence-electron chi connectivity index (χ4n) is 0.970. The van der Waals surface area contributed by atoms with Crippen molar-refractivity contribution in [3.63, 3.8) is 0 Å². The molecule has 4 N–H and O–H groups in total. The van der Waals surface area contributed by atoms with Crippen LogP contribution in [0.25, 0.3) is 0 Å². The number of aliphatic hydroxyl groups excluding tert-OH is 1. The summed E-state index contributed by atoms with van der Waals surface area (Å²) in [6.45, 7) is -0.171. The topological polar surface area (TPSA) is 111 Å². The summed E-state index contributed by atoms with van der Waals surface area (Å²) >= 11 is 0. The molecular weight excluding hydrogens is 190 g/mol. The lowest BCUT2D eigenvalue weighted by Gasteiger charge is -2.01. The number of carbonyl (C=O) groups excluding carboxylic acids is 1. The Labute approximate surface area is 79.7 Å². The van der Waals surface area contributed by atoms with Crippen molar-refractivity contribution in [1.82, 2.24) is 9.78 Å². The number of amides is 1. The van der Waals surface area contributed by atoms with E-state index in [4.69, 9.17) is 20.7 Å². The van der Waals surface area contributed by atoms with Crippen molar-refractivity contribution in [3.05, 3.63) is 11.8 Å². The van der Waals surface area contributed by atoms with Crippen LogP contribution in [0.2, 0.25) is 0 Å². The van der Waals surface area contributed by atoms with Gasteiger partial charge in [-0.25, -0.2) is 4.68 Å². The van der Waals surface area contributed by atoms with Crippen molar-refractivity contribution in [1.29, 1.82) is 0 Å². The first-order valence-corrected chi connectivity index (χ1v) is 3.80. The maximum atomic E-state index is 10.6. The number of ether oxygens (including phenoxy) is 1. The van der Waals surface area contributed by atoms with Gasteiger partial charge in [0.05, 0.1) is 7.11 Å². The van der Waals surface area contributed by atoms with Crippen LogP contribution in [-0.4, -0.2) is 33.0 Å². The van der Waals surface area contributed by atoms with Crippen LogP contribution in [-0.2, 0) is 11.3 Å². The molecule has 0 bridgehead atoms. The van der Waals surface area contributed by atoms with Crippen molar-refractivity contribution in [2.45, 2.75) is 12.8 Å². The molecule has 1 rings (SSSR count). The van der Waals surface area contributed by atoms with E-state index in [9.17, 15) is 4.79 Å². The van der Waals surface area contributed by atoms with Gasteiger partial charge >= 0.3 is 0 Å². The van der Waals surface area contributed by atoms with E-state index in [1.807, 2.05) is 0 Å². The Kier molecular flexibility index (Phi) is 3.05. The Morgan fingerprint density at radius 1 is 1.79 bits per heavy atom. The Balaban J connectivity index is 2.96. The van der Waals surface area contributed by atoms with Gasteiger partial charge in [-0.05, 0) is 0 Å². The van der Waals surface area contributed by atoms with Gasteiger partial charge in [0.25, 0.3) is 0 Å². The van der Waals surface area contributed by atoms with Gasteiger partial charge in [0.1, 0.15) is 12.2 Å². The number of methoxy groups -OCH3 is 1. The fraction of sp³-hybridized carbons (Fsp3) is 0.429. The highest BCUT2D eigenvalue weighted by Gasteiger charge is 2.13. The van der Waals surface area contributed by atoms with Crippen LogP contribution in [0.5, 0.6) is 5.88 Å². The van der Waals surface area contributed by atoms with Crippen LogP contribution in [0.1, 0.15) is 12.0 Å². The Bertz CT molecular complexity index is 334. The second-order valence-electron chi connectivity index (χ2n) is 2.61. The van der Waals surface area contributed by atoms with E-state index in [0.717, 1.165) is 4.68 Å². The summed E-state index contributed by atoms with van der Waals surface area (Å²) in [6.07, 6.45) is -1.70. The van der Waals surface area contributed by atoms with Crippen LogP contribution >= 0.6 is 0 Å². The molecule has 1 aromatic rings. The average molecular weight is 201 g/mol. The van der Waals surface area contributed by atoms with Gasteiger partial charge < -0.3 is 20.7 Å². The second kappa shape index (κ2) is 4.07. The molecule has 7 heteroatoms. The summed E-state index contributed by atoms with van der Waals surface area (Å²) in [6, 6.07) is 1.31. The standard InChI is InChI=1S/C7H11N3O4/c1-14-6-2-4(7(12)13)9-10(6)3-5(8)11/h2,7,12-13H,3H2,1H3,(H2,8,11). The summed E-state index contributed by atoms with van der Waals surface area (Å²) < 4.78 is 6.00. The first-order chi connectivity index (χ1) is 6.54. The third kappa shape index (κ3) is 2.21. The number of carbonyl (C=O) groups is 1. The van der Waals surface area contributed by atoms with Crippen molar-refractivity contribution in [2.24, 2.45) is 5.73 Å². The number of nitrogens with two attached hydrogens (primary N) is 1. The number of aromatic nitrogens is 2. The lowest BCUT2D eigenvalue weighted by molar-refractivity contribution is -0.118. The molecule has 0 atom stereocenters. The Morgan fingerprint density at radius 3 is 2.86 bits per heavy atom. The zero-order valence-electron chi connectivity index (χ0n) is 7.54. The third-order valence-corrected chi connectivity index (χ3v) is 1.54. The minimum Gasteiger partial charge on any atom is -0.481 e. The lowest BCUT2D eigenvalue weighted by atomic mass is 10.4. The molecule has 0 fully saturated rings. The summed E-state index contributed by atoms with van der Waals surface area (Å²) in [4.78, 5) is 10.6. The molecule has 1 heterocycles. The normalized spacial score (nSPS) is 10.6. The van der Waals surface area contributed by atoms with E-state index >= 15 is 0 Å². The number of hydrogen-bond acceptors (Lipinski definition) is 5. The van der Waals surface area contributed by atoms with Crippen LogP contribution in [0.15, 0.2) is 6.07 Å². The SMILES string of the molecule is COc1cc(C(O)O)nn1CC(N)=O.